The third-order valence-corrected chi connectivity index (χ3v) is 15.6. The smallest absolute Gasteiger partial charge is 0.494 e. The van der Waals surface area contributed by atoms with Crippen molar-refractivity contribution in [2.75, 3.05) is 87.0 Å². The minimum absolute atomic E-state index is 0.0348. The zero-order valence-corrected chi connectivity index (χ0v) is 50.2. The van der Waals surface area contributed by atoms with E-state index >= 15 is 8.63 Å². The van der Waals surface area contributed by atoms with Crippen molar-refractivity contribution in [3.8, 4) is 17.2 Å². The topological polar surface area (TPSA) is 297 Å². The van der Waals surface area contributed by atoms with Gasteiger partial charge in [0, 0.05) is 74.4 Å². The van der Waals surface area contributed by atoms with Gasteiger partial charge >= 0.3 is 19.0 Å². The molecule has 0 spiro atoms. The zero-order valence-electron chi connectivity index (χ0n) is 48.5. The van der Waals surface area contributed by atoms with Crippen LogP contribution >= 0.6 is 11.3 Å². The number of nitrogens with one attached hydrogen (secondary N) is 3. The number of imide groups is 1. The molecule has 4 N–H and O–H groups in total. The average molecular weight is 1240 g/mol. The van der Waals surface area contributed by atoms with Gasteiger partial charge < -0.3 is 66.7 Å². The number of nitrogens with zero attached hydrogens (tertiary/aromatic N) is 6. The summed E-state index contributed by atoms with van der Waals surface area (Å²) in [6.45, 7) is -0.694. The Balaban J connectivity index is 0.846. The Bertz CT molecular complexity index is 3460. The number of nitro benzene ring substituents is 1. The zero-order chi connectivity index (χ0) is 62.7. The molecule has 0 bridgehead atoms. The highest BCUT2D eigenvalue weighted by Gasteiger charge is 2.54. The number of aryl methyl sites for hydroxylation is 1. The highest BCUT2D eigenvalue weighted by molar-refractivity contribution is 7.85. The van der Waals surface area contributed by atoms with Crippen LogP contribution in [0.5, 0.6) is 17.2 Å². The Morgan fingerprint density at radius 1 is 0.977 bits per heavy atom. The molecule has 7 rings (SSSR count). The Kier molecular flexibility index (Phi) is 21.4. The maximum Gasteiger partial charge on any atom is 0.737 e. The number of aromatic nitrogens is 1. The molecule has 5 heterocycles. The Hall–Kier alpha value is -8.32. The van der Waals surface area contributed by atoms with Crippen molar-refractivity contribution in [2.24, 2.45) is 0 Å². The molecular weight excluding hydrogens is 1170 g/mol. The predicted octanol–water partition coefficient (Wildman–Crippen LogP) is 5.50. The van der Waals surface area contributed by atoms with Gasteiger partial charge in [-0.1, -0.05) is 24.3 Å². The van der Waals surface area contributed by atoms with Crippen molar-refractivity contribution < 1.29 is 88.0 Å². The molecule has 0 saturated carbocycles. The summed E-state index contributed by atoms with van der Waals surface area (Å²) in [4.78, 5) is 92.4. The molecule has 2 unspecified atom stereocenters. The second-order valence-corrected chi connectivity index (χ2v) is 24.0. The second kappa shape index (κ2) is 28.3. The van der Waals surface area contributed by atoms with E-state index in [9.17, 15) is 51.9 Å². The molecule has 2 aromatic heterocycles. The van der Waals surface area contributed by atoms with Crippen molar-refractivity contribution in [3.63, 3.8) is 0 Å². The number of thiophene rings is 1. The maximum atomic E-state index is 17.0. The third kappa shape index (κ3) is 17.2. The average Bonchev–Trinajstić information content (AvgIpc) is 1.59. The van der Waals surface area contributed by atoms with Gasteiger partial charge in [-0.15, -0.1) is 16.4 Å². The van der Waals surface area contributed by atoms with Crippen LogP contribution in [0, 0.1) is 17.0 Å². The van der Waals surface area contributed by atoms with Crippen LogP contribution < -0.4 is 30.2 Å². The molecule has 0 radical (unpaired) electrons. The molecule has 0 aliphatic carbocycles. The lowest BCUT2D eigenvalue weighted by Crippen LogP contribution is -2.51. The number of ether oxygens (including phenoxy) is 4. The van der Waals surface area contributed by atoms with Gasteiger partial charge in [0.15, 0.2) is 22.9 Å². The predicted molar refractivity (Wildman–Crippen MR) is 314 cm³/mol. The van der Waals surface area contributed by atoms with E-state index in [1.165, 1.54) is 35.9 Å². The summed E-state index contributed by atoms with van der Waals surface area (Å²) in [6, 6.07) is 13.1. The summed E-state index contributed by atoms with van der Waals surface area (Å²) < 4.78 is 92.8. The number of halogens is 2. The third-order valence-electron chi connectivity index (χ3n) is 13.9. The molecule has 3 aliphatic rings. The van der Waals surface area contributed by atoms with Crippen molar-refractivity contribution in [3.05, 3.63) is 120 Å². The molecule has 1 saturated heterocycles. The fourth-order valence-corrected chi connectivity index (χ4v) is 11.0. The number of likely N-dealkylation sites (N-methyl/N-ethyl adjacent to an activating group) is 1. The molecule has 2 aromatic carbocycles. The summed E-state index contributed by atoms with van der Waals surface area (Å²) in [6.07, 6.45) is 6.01. The summed E-state index contributed by atoms with van der Waals surface area (Å²) in [5.74, 6) is -4.80. The summed E-state index contributed by atoms with van der Waals surface area (Å²) in [5.41, 5.74) is 3.57. The second-order valence-electron chi connectivity index (χ2n) is 21.6. The quantitative estimate of drug-likeness (QED) is 0.00952. The van der Waals surface area contributed by atoms with E-state index in [2.05, 4.69) is 41.9 Å². The number of alkyl carbamates (subject to hydrolysis) is 1. The Labute approximate surface area is 499 Å². The van der Waals surface area contributed by atoms with Gasteiger partial charge in [0.05, 0.1) is 62.8 Å². The van der Waals surface area contributed by atoms with Gasteiger partial charge in [-0.3, -0.25) is 33.8 Å². The molecule has 462 valence electrons. The number of methoxy groups -OCH3 is 1. The van der Waals surface area contributed by atoms with Crippen LogP contribution in [-0.4, -0.2) is 183 Å². The minimum atomic E-state index is -4.73. The summed E-state index contributed by atoms with van der Waals surface area (Å²) in [5, 5.41) is 21.3. The van der Waals surface area contributed by atoms with E-state index in [0.717, 1.165) is 44.0 Å². The van der Waals surface area contributed by atoms with E-state index < -0.39 is 87.8 Å². The number of quaternary nitrogens is 1. The lowest BCUT2D eigenvalue weighted by molar-refractivity contribution is -0.870. The number of carbonyl (C=O) groups excluding carboxylic acids is 6. The fourth-order valence-electron chi connectivity index (χ4n) is 9.62. The van der Waals surface area contributed by atoms with Crippen LogP contribution in [0.2, 0.25) is 0 Å². The Morgan fingerprint density at radius 3 is 2.35 bits per heavy atom. The monoisotopic (exact) mass is 1240 g/mol. The molecule has 86 heavy (non-hydrogen) atoms. The number of hydrogen-bond donors (Lipinski definition) is 4. The molecule has 4 aromatic rings. The van der Waals surface area contributed by atoms with Crippen molar-refractivity contribution in [2.45, 2.75) is 64.5 Å². The van der Waals surface area contributed by atoms with Gasteiger partial charge in [-0.25, -0.2) is 9.59 Å². The largest absolute Gasteiger partial charge is 0.737 e. The molecular formula is C56H69BF2N9O16S2+. The van der Waals surface area contributed by atoms with Crippen molar-refractivity contribution in [1.29, 1.82) is 0 Å². The first-order valence-corrected chi connectivity index (χ1v) is 29.9. The maximum absolute atomic E-state index is 17.0. The van der Waals surface area contributed by atoms with Crippen LogP contribution in [0.3, 0.4) is 0 Å². The number of amides is 5. The normalized spacial score (nSPS) is 15.4. The van der Waals surface area contributed by atoms with E-state index in [4.69, 9.17) is 18.9 Å². The first kappa shape index (κ1) is 65.2. The number of carbonyl (C=O) groups is 6. The van der Waals surface area contributed by atoms with Crippen LogP contribution in [0.15, 0.2) is 77.3 Å². The van der Waals surface area contributed by atoms with E-state index in [1.54, 1.807) is 54.4 Å². The van der Waals surface area contributed by atoms with Crippen LogP contribution in [-0.2, 0) is 43.7 Å². The lowest BCUT2D eigenvalue weighted by Gasteiger charge is -2.31. The standard InChI is InChI=1S/C56H68BF2N9O16S2/c1-36-29-40(64-44(36)32-45-39(11-8-25-68(4,5)6)30-47(50-12-10-28-85-50)65(45)57(64,58)59)17-14-38-15-18-41(19-16-38)81-26-9-13-51(69)62-43(35-86(77,78)79)55(73)60-22-23-63(3)24-27-82-49-33-46(67(75)76)42(31-48(49)80-7)37(2)83-56(74)61-34-54(72)84-66-52(70)20-21-53(66)71/h10,12,14-19,28-33,37,43H,8-9,11,13,20-27,34-35H2,1-7H3,(H3-,60,61,62,69,73,74,77,78,79)/p+1/b17-14+. The van der Waals surface area contributed by atoms with Gasteiger partial charge in [0.2, 0.25) is 11.8 Å². The molecule has 5 amide bonds. The van der Waals surface area contributed by atoms with Crippen LogP contribution in [0.4, 0.5) is 19.1 Å². The number of allylic oxidation sites excluding steroid dienone is 2. The fraction of sp³-hybridized carbons (Fsp3) is 0.411. The first-order valence-electron chi connectivity index (χ1n) is 27.4. The number of nitro groups is 1. The van der Waals surface area contributed by atoms with Crippen molar-refractivity contribution in [1.82, 2.24) is 30.4 Å². The molecule has 30 heteroatoms. The van der Waals surface area contributed by atoms with Crippen LogP contribution in [0.1, 0.15) is 84.5 Å². The molecule has 2 atom stereocenters. The summed E-state index contributed by atoms with van der Waals surface area (Å²) >= 11 is 1.42. The number of hydrogen-bond acceptors (Lipinski definition) is 17. The van der Waals surface area contributed by atoms with Crippen LogP contribution in [0.25, 0.3) is 18.2 Å². The van der Waals surface area contributed by atoms with Gasteiger partial charge in [0.25, 0.3) is 27.6 Å². The number of fused-ring (bicyclic) bond motifs is 2. The Morgan fingerprint density at radius 2 is 1.70 bits per heavy atom. The lowest BCUT2D eigenvalue weighted by atomic mass is 9.88. The molecule has 25 nitrogen and oxygen atoms in total. The highest BCUT2D eigenvalue weighted by Crippen LogP contribution is 2.41. The van der Waals surface area contributed by atoms with Crippen molar-refractivity contribution >= 4 is 93.7 Å². The van der Waals surface area contributed by atoms with E-state index in [-0.39, 0.29) is 75.6 Å². The van der Waals surface area contributed by atoms with Gasteiger partial charge in [-0.05, 0) is 86.7 Å². The molecule has 3 aliphatic heterocycles. The number of benzene rings is 2. The van der Waals surface area contributed by atoms with Gasteiger partial charge in [0.1, 0.15) is 36.8 Å². The summed E-state index contributed by atoms with van der Waals surface area (Å²) in [7, 11) is 4.54. The number of rotatable bonds is 30. The minimum Gasteiger partial charge on any atom is -0.494 e. The van der Waals surface area contributed by atoms with Gasteiger partial charge in [-0.2, -0.15) is 8.42 Å². The highest BCUT2D eigenvalue weighted by atomic mass is 32.2. The first-order chi connectivity index (χ1) is 40.6. The number of hydroxylamine groups is 2. The SMILES string of the molecule is COc1cc(C(C)OC(=O)NCC(=O)ON2C(=O)CCC2=O)c([N+](=O)[O-])cc1OCCN(C)CCNC(=O)C(CS(=O)(=O)O)NC(=O)CCCOc1ccc(/C=C/c2cc(C)c3n2[B-](F)(F)[N+]2=C(c4cccs4)C=C(CCC[N+](C)(C)C)C2=C3)cc1. The molecule has 1 fully saturated rings. The van der Waals surface area contributed by atoms with E-state index in [1.807, 2.05) is 36.6 Å². The van der Waals surface area contributed by atoms with E-state index in [0.29, 0.717) is 45.6 Å².